The molecule has 480 valence electrons. The summed E-state index contributed by atoms with van der Waals surface area (Å²) in [6.07, 6.45) is 95.0. The van der Waals surface area contributed by atoms with Gasteiger partial charge in [0.05, 0.1) is 0 Å². The molecule has 0 heterocycles. The van der Waals surface area contributed by atoms with Crippen molar-refractivity contribution >= 4 is 17.9 Å². The Hall–Kier alpha value is -3.41. The predicted octanol–water partition coefficient (Wildman–Crippen LogP) is 25.0. The highest BCUT2D eigenvalue weighted by atomic mass is 16.6. The van der Waals surface area contributed by atoms with E-state index < -0.39 is 6.10 Å². The van der Waals surface area contributed by atoms with Gasteiger partial charge in [-0.1, -0.05) is 350 Å². The minimum absolute atomic E-state index is 0.106. The summed E-state index contributed by atoms with van der Waals surface area (Å²) in [5.41, 5.74) is 0. The molecule has 0 saturated heterocycles. The lowest BCUT2D eigenvalue weighted by atomic mass is 10.0. The van der Waals surface area contributed by atoms with Gasteiger partial charge in [-0.05, 0) is 83.5 Å². The van der Waals surface area contributed by atoms with Crippen LogP contribution >= 0.6 is 0 Å². The van der Waals surface area contributed by atoms with E-state index in [1.54, 1.807) is 0 Å². The Labute approximate surface area is 515 Å². The lowest BCUT2D eigenvalue weighted by Gasteiger charge is -2.18. The number of allylic oxidation sites excluding steroid dienone is 14. The first-order chi connectivity index (χ1) is 41.0. The van der Waals surface area contributed by atoms with Gasteiger partial charge >= 0.3 is 17.9 Å². The quantitative estimate of drug-likeness (QED) is 0.0261. The molecule has 6 heteroatoms. The van der Waals surface area contributed by atoms with E-state index in [9.17, 15) is 14.4 Å². The van der Waals surface area contributed by atoms with Crippen LogP contribution < -0.4 is 0 Å². The molecule has 0 N–H and O–H groups in total. The SMILES string of the molecule is CC/C=C\C/C=C\C/C=C\C/C=C\C/C=C\C/C=C\CCC(=O)OC(COC(=O)CCCCCCC/C=C\CCCCCCCC)COC(=O)CCCCCCCCCCCCCCCCCCCCCCCCCCCCCCCCC. The number of esters is 3. The van der Waals surface area contributed by atoms with Crippen LogP contribution in [0.4, 0.5) is 0 Å². The van der Waals surface area contributed by atoms with Crippen LogP contribution in [-0.4, -0.2) is 37.2 Å². The largest absolute Gasteiger partial charge is 0.462 e. The molecule has 0 aromatic carbocycles. The maximum atomic E-state index is 12.9. The highest BCUT2D eigenvalue weighted by Crippen LogP contribution is 2.18. The molecule has 0 aliphatic rings. The summed E-state index contributed by atoms with van der Waals surface area (Å²) >= 11 is 0. The Morgan fingerprint density at radius 3 is 0.783 bits per heavy atom. The van der Waals surface area contributed by atoms with E-state index in [1.807, 2.05) is 6.08 Å². The monoisotopic (exact) mass is 1160 g/mol. The van der Waals surface area contributed by atoms with E-state index >= 15 is 0 Å². The summed E-state index contributed by atoms with van der Waals surface area (Å²) in [6, 6.07) is 0. The summed E-state index contributed by atoms with van der Waals surface area (Å²) < 4.78 is 16.9. The molecule has 0 aromatic rings. The van der Waals surface area contributed by atoms with Crippen LogP contribution in [0.3, 0.4) is 0 Å². The lowest BCUT2D eigenvalue weighted by Crippen LogP contribution is -2.30. The third-order valence-electron chi connectivity index (χ3n) is 15.9. The number of carbonyl (C=O) groups is 3. The second kappa shape index (κ2) is 71.1. The molecule has 0 rings (SSSR count). The van der Waals surface area contributed by atoms with E-state index in [0.717, 1.165) is 89.9 Å². The van der Waals surface area contributed by atoms with Crippen LogP contribution in [0.1, 0.15) is 367 Å². The van der Waals surface area contributed by atoms with Gasteiger partial charge < -0.3 is 14.2 Å². The van der Waals surface area contributed by atoms with Crippen molar-refractivity contribution in [3.8, 4) is 0 Å². The standard InChI is InChI=1S/C77H136O6/c1-4-7-10-13-16-19-22-25-28-30-32-33-34-35-36-37-38-39-40-41-42-43-45-46-49-52-55-58-61-64-67-70-76(79)82-73-74(72-81-75(78)69-66-63-60-57-54-51-48-27-24-21-18-15-12-9-6-3)83-77(80)71-68-65-62-59-56-53-50-47-44-31-29-26-23-20-17-14-11-8-5-2/h8,11,17,20,26-27,29,44,47-48,53,56,62,65,74H,4-7,9-10,12-16,18-19,21-25,28,30-43,45-46,49-52,54-55,57-61,63-64,66-73H2,1-3H3/b11-8-,20-17-,29-26-,47-44-,48-27-,56-53-,65-62-. The van der Waals surface area contributed by atoms with Crippen molar-refractivity contribution in [2.24, 2.45) is 0 Å². The molecule has 83 heavy (non-hydrogen) atoms. The molecule has 1 atom stereocenters. The van der Waals surface area contributed by atoms with Gasteiger partial charge in [-0.15, -0.1) is 0 Å². The fourth-order valence-corrected chi connectivity index (χ4v) is 10.5. The zero-order chi connectivity index (χ0) is 59.9. The van der Waals surface area contributed by atoms with E-state index in [-0.39, 0.29) is 37.5 Å². The Morgan fingerprint density at radius 1 is 0.253 bits per heavy atom. The number of hydrogen-bond donors (Lipinski definition) is 0. The maximum absolute atomic E-state index is 12.9. The Kier molecular flexibility index (Phi) is 68.2. The molecule has 6 nitrogen and oxygen atoms in total. The van der Waals surface area contributed by atoms with Crippen molar-refractivity contribution in [2.45, 2.75) is 374 Å². The molecular weight excluding hydrogens is 1020 g/mol. The third kappa shape index (κ3) is 69.3. The topological polar surface area (TPSA) is 78.9 Å². The summed E-state index contributed by atoms with van der Waals surface area (Å²) in [5, 5.41) is 0. The molecule has 1 unspecified atom stereocenters. The fourth-order valence-electron chi connectivity index (χ4n) is 10.5. The van der Waals surface area contributed by atoms with Gasteiger partial charge in [0.15, 0.2) is 6.10 Å². The number of unbranched alkanes of at least 4 members (excludes halogenated alkanes) is 41. The van der Waals surface area contributed by atoms with Crippen LogP contribution in [0.5, 0.6) is 0 Å². The first kappa shape index (κ1) is 79.6. The first-order valence-electron chi connectivity index (χ1n) is 36.1. The van der Waals surface area contributed by atoms with E-state index in [4.69, 9.17) is 14.2 Å². The third-order valence-corrected chi connectivity index (χ3v) is 15.9. The van der Waals surface area contributed by atoms with Crippen molar-refractivity contribution in [1.29, 1.82) is 0 Å². The molecule has 0 radical (unpaired) electrons. The minimum atomic E-state index is -0.821. The minimum Gasteiger partial charge on any atom is -0.462 e. The Balaban J connectivity index is 4.27. The molecule has 0 amide bonds. The summed E-state index contributed by atoms with van der Waals surface area (Å²) in [7, 11) is 0. The molecule has 0 aromatic heterocycles. The van der Waals surface area contributed by atoms with Crippen LogP contribution in [0.2, 0.25) is 0 Å². The number of hydrogen-bond acceptors (Lipinski definition) is 6. The van der Waals surface area contributed by atoms with Gasteiger partial charge in [0.2, 0.25) is 0 Å². The van der Waals surface area contributed by atoms with Gasteiger partial charge in [0.25, 0.3) is 0 Å². The molecule has 0 aliphatic heterocycles. The van der Waals surface area contributed by atoms with Gasteiger partial charge in [0, 0.05) is 19.3 Å². The molecule has 0 spiro atoms. The van der Waals surface area contributed by atoms with Gasteiger partial charge in [-0.3, -0.25) is 14.4 Å². The van der Waals surface area contributed by atoms with Crippen molar-refractivity contribution in [2.75, 3.05) is 13.2 Å². The molecular formula is C77H136O6. The van der Waals surface area contributed by atoms with E-state index in [2.05, 4.69) is 99.8 Å². The highest BCUT2D eigenvalue weighted by molar-refractivity contribution is 5.71. The van der Waals surface area contributed by atoms with E-state index in [0.29, 0.717) is 19.3 Å². The Morgan fingerprint density at radius 2 is 0.494 bits per heavy atom. The van der Waals surface area contributed by atoms with Crippen molar-refractivity contribution in [3.63, 3.8) is 0 Å². The number of carbonyl (C=O) groups excluding carboxylic acids is 3. The van der Waals surface area contributed by atoms with Gasteiger partial charge in [0.1, 0.15) is 13.2 Å². The average molecular weight is 1160 g/mol. The zero-order valence-electron chi connectivity index (χ0n) is 55.2. The predicted molar refractivity (Wildman–Crippen MR) is 362 cm³/mol. The summed E-state index contributed by atoms with van der Waals surface area (Å²) in [4.78, 5) is 38.4. The van der Waals surface area contributed by atoms with Gasteiger partial charge in [-0.25, -0.2) is 0 Å². The zero-order valence-corrected chi connectivity index (χ0v) is 55.2. The van der Waals surface area contributed by atoms with E-state index in [1.165, 1.54) is 231 Å². The lowest BCUT2D eigenvalue weighted by molar-refractivity contribution is -0.166. The number of rotatable bonds is 66. The van der Waals surface area contributed by atoms with Crippen molar-refractivity contribution in [1.82, 2.24) is 0 Å². The fraction of sp³-hybridized carbons (Fsp3) is 0.779. The summed E-state index contributed by atoms with van der Waals surface area (Å²) in [5.74, 6) is -0.983. The van der Waals surface area contributed by atoms with Crippen LogP contribution in [0.15, 0.2) is 85.1 Å². The summed E-state index contributed by atoms with van der Waals surface area (Å²) in [6.45, 7) is 6.50. The second-order valence-corrected chi connectivity index (χ2v) is 24.1. The van der Waals surface area contributed by atoms with Crippen LogP contribution in [-0.2, 0) is 28.6 Å². The van der Waals surface area contributed by atoms with Gasteiger partial charge in [-0.2, -0.15) is 0 Å². The molecule has 0 aliphatic carbocycles. The highest BCUT2D eigenvalue weighted by Gasteiger charge is 2.19. The smallest absolute Gasteiger partial charge is 0.306 e. The van der Waals surface area contributed by atoms with Crippen molar-refractivity contribution in [3.05, 3.63) is 85.1 Å². The maximum Gasteiger partial charge on any atom is 0.306 e. The normalized spacial score (nSPS) is 12.6. The molecule has 0 bridgehead atoms. The molecule has 0 saturated carbocycles. The van der Waals surface area contributed by atoms with Crippen molar-refractivity contribution < 1.29 is 28.6 Å². The Bertz CT molecular complexity index is 1570. The van der Waals surface area contributed by atoms with Crippen LogP contribution in [0, 0.1) is 0 Å². The first-order valence-corrected chi connectivity index (χ1v) is 36.1. The van der Waals surface area contributed by atoms with Crippen LogP contribution in [0.25, 0.3) is 0 Å². The molecule has 0 fully saturated rings. The second-order valence-electron chi connectivity index (χ2n) is 24.1. The number of ether oxygens (including phenoxy) is 3. The average Bonchev–Trinajstić information content (AvgIpc) is 3.49.